The van der Waals surface area contributed by atoms with Crippen molar-refractivity contribution in [1.29, 1.82) is 0 Å². The minimum Gasteiger partial charge on any atom is -0.443 e. The van der Waals surface area contributed by atoms with Gasteiger partial charge in [0.25, 0.3) is 5.91 Å². The molecule has 1 amide bonds. The van der Waals surface area contributed by atoms with Crippen LogP contribution in [-0.4, -0.2) is 31.5 Å². The molecule has 0 fully saturated rings. The molecule has 2 aromatic carbocycles. The van der Waals surface area contributed by atoms with Gasteiger partial charge in [0, 0.05) is 59.6 Å². The highest BCUT2D eigenvalue weighted by Gasteiger charge is 2.37. The molecule has 3 atom stereocenters. The van der Waals surface area contributed by atoms with E-state index >= 15 is 4.39 Å². The molecule has 1 unspecified atom stereocenters. The summed E-state index contributed by atoms with van der Waals surface area (Å²) in [5.74, 6) is -1.48. The molecule has 38 heavy (non-hydrogen) atoms. The predicted molar refractivity (Wildman–Crippen MR) is 140 cm³/mol. The number of nitrogens with one attached hydrogen (secondary N) is 2. The highest BCUT2D eigenvalue weighted by Crippen LogP contribution is 2.37. The van der Waals surface area contributed by atoms with Crippen molar-refractivity contribution in [3.63, 3.8) is 0 Å². The number of oxazole rings is 1. The highest BCUT2D eigenvalue weighted by atomic mass is 32.1. The van der Waals surface area contributed by atoms with E-state index in [-0.39, 0.29) is 23.3 Å². The Hall–Kier alpha value is -3.67. The number of benzene rings is 2. The summed E-state index contributed by atoms with van der Waals surface area (Å²) in [6, 6.07) is 10.6. The Labute approximate surface area is 224 Å². The topological polar surface area (TPSA) is 113 Å². The molecule has 3 N–H and O–H groups in total. The molecular formula is C27H27F2N5O3S. The van der Waals surface area contributed by atoms with E-state index in [1.54, 1.807) is 51.1 Å². The fraction of sp³-hybridized carbons (Fsp3) is 0.259. The third-order valence-electron chi connectivity index (χ3n) is 6.13. The lowest BCUT2D eigenvalue weighted by Crippen LogP contribution is -2.52. The minimum atomic E-state index is -1.38. The molecule has 4 rings (SSSR count). The molecule has 0 aliphatic heterocycles. The van der Waals surface area contributed by atoms with Crippen LogP contribution in [0.15, 0.2) is 65.6 Å². The molecule has 11 heteroatoms. The Morgan fingerprint density at radius 2 is 1.82 bits per heavy atom. The predicted octanol–water partition coefficient (Wildman–Crippen LogP) is 4.60. The van der Waals surface area contributed by atoms with E-state index in [9.17, 15) is 14.3 Å². The summed E-state index contributed by atoms with van der Waals surface area (Å²) >= 11 is 4.47. The van der Waals surface area contributed by atoms with Crippen molar-refractivity contribution in [3.05, 3.63) is 101 Å². The lowest BCUT2D eigenvalue weighted by molar-refractivity contribution is 0.0887. The molecule has 0 aliphatic rings. The fourth-order valence-corrected chi connectivity index (χ4v) is 4.75. The van der Waals surface area contributed by atoms with Crippen molar-refractivity contribution in [3.8, 4) is 11.1 Å². The van der Waals surface area contributed by atoms with Gasteiger partial charge in [-0.1, -0.05) is 18.2 Å². The maximum absolute atomic E-state index is 15.4. The first kappa shape index (κ1) is 27.4. The van der Waals surface area contributed by atoms with E-state index in [0.717, 1.165) is 6.07 Å². The zero-order valence-corrected chi connectivity index (χ0v) is 21.8. The number of aliphatic hydroxyl groups excluding tert-OH is 1. The number of aromatic nitrogens is 3. The third kappa shape index (κ3) is 6.07. The Kier molecular flexibility index (Phi) is 8.20. The van der Waals surface area contributed by atoms with Crippen LogP contribution >= 0.6 is 12.6 Å². The van der Waals surface area contributed by atoms with Gasteiger partial charge < -0.3 is 14.8 Å². The number of aliphatic hydroxyl groups is 1. The van der Waals surface area contributed by atoms with Crippen LogP contribution in [0.4, 0.5) is 8.78 Å². The average Bonchev–Trinajstić information content (AvgIpc) is 3.22. The first-order valence-electron chi connectivity index (χ1n) is 11.8. The van der Waals surface area contributed by atoms with Gasteiger partial charge in [0.1, 0.15) is 29.6 Å². The standard InChI is InChI=1S/C27H27F2N5O3S/c1-15-24(37-16(2)32-15)23(35)11-27(3,34-26(38)33-25(36)17-7-5-4-6-8-17)20-9-19(21(28)10-22(20)29)18-12-30-14-31-13-18/h4-10,12-14,23,26,34-35,38H,11H2,1-3H3,(H,33,36)/t23-,26?,27+/m1/s1. The van der Waals surface area contributed by atoms with Crippen LogP contribution in [-0.2, 0) is 5.54 Å². The maximum atomic E-state index is 15.4. The molecule has 198 valence electrons. The van der Waals surface area contributed by atoms with Crippen LogP contribution in [0.1, 0.15) is 52.7 Å². The van der Waals surface area contributed by atoms with Crippen molar-refractivity contribution >= 4 is 18.5 Å². The van der Waals surface area contributed by atoms with Crippen molar-refractivity contribution in [2.24, 2.45) is 0 Å². The van der Waals surface area contributed by atoms with Gasteiger partial charge >= 0.3 is 0 Å². The van der Waals surface area contributed by atoms with Crippen LogP contribution in [0.5, 0.6) is 0 Å². The normalized spacial score (nSPS) is 14.5. The van der Waals surface area contributed by atoms with E-state index in [1.165, 1.54) is 24.8 Å². The summed E-state index contributed by atoms with van der Waals surface area (Å²) in [5.41, 5.74) is -1.04. The molecule has 2 aromatic heterocycles. The van der Waals surface area contributed by atoms with E-state index in [1.807, 2.05) is 0 Å². The van der Waals surface area contributed by atoms with Gasteiger partial charge in [-0.25, -0.2) is 23.7 Å². The Balaban J connectivity index is 1.72. The molecule has 8 nitrogen and oxygen atoms in total. The summed E-state index contributed by atoms with van der Waals surface area (Å²) in [4.78, 5) is 24.7. The second-order valence-corrected chi connectivity index (χ2v) is 9.58. The third-order valence-corrected chi connectivity index (χ3v) is 6.38. The minimum absolute atomic E-state index is 0.0266. The van der Waals surface area contributed by atoms with Gasteiger partial charge in [0.05, 0.1) is 5.69 Å². The Morgan fingerprint density at radius 3 is 2.45 bits per heavy atom. The van der Waals surface area contributed by atoms with Crippen LogP contribution in [0.3, 0.4) is 0 Å². The lowest BCUT2D eigenvalue weighted by Gasteiger charge is -2.36. The number of rotatable bonds is 9. The summed E-state index contributed by atoms with van der Waals surface area (Å²) in [6.45, 7) is 4.96. The van der Waals surface area contributed by atoms with Gasteiger partial charge in [-0.05, 0) is 32.0 Å². The number of hydrogen-bond donors (Lipinski definition) is 4. The quantitative estimate of drug-likeness (QED) is 0.182. The van der Waals surface area contributed by atoms with E-state index in [0.29, 0.717) is 22.7 Å². The number of carbonyl (C=O) groups excluding carboxylic acids is 1. The smallest absolute Gasteiger partial charge is 0.253 e. The summed E-state index contributed by atoms with van der Waals surface area (Å²) in [5, 5.41) is 16.9. The molecule has 0 radical (unpaired) electrons. The van der Waals surface area contributed by atoms with Crippen LogP contribution in [0.25, 0.3) is 11.1 Å². The van der Waals surface area contributed by atoms with Gasteiger partial charge in [-0.2, -0.15) is 0 Å². The van der Waals surface area contributed by atoms with Crippen molar-refractivity contribution < 1.29 is 23.1 Å². The monoisotopic (exact) mass is 539 g/mol. The van der Waals surface area contributed by atoms with Gasteiger partial charge in [0.15, 0.2) is 11.7 Å². The number of thiol groups is 1. The van der Waals surface area contributed by atoms with Crippen molar-refractivity contribution in [2.75, 3.05) is 0 Å². The first-order chi connectivity index (χ1) is 18.1. The summed E-state index contributed by atoms with van der Waals surface area (Å²) < 4.78 is 35.8. The first-order valence-corrected chi connectivity index (χ1v) is 12.3. The molecule has 0 saturated carbocycles. The fourth-order valence-electron chi connectivity index (χ4n) is 4.35. The molecule has 0 aliphatic carbocycles. The summed E-state index contributed by atoms with van der Waals surface area (Å²) in [6.07, 6.45) is 2.78. The molecule has 4 aromatic rings. The van der Waals surface area contributed by atoms with Crippen molar-refractivity contribution in [1.82, 2.24) is 25.6 Å². The second-order valence-electron chi connectivity index (χ2n) is 9.06. The lowest BCUT2D eigenvalue weighted by atomic mass is 9.83. The molecule has 0 spiro atoms. The molecule has 0 bridgehead atoms. The van der Waals surface area contributed by atoms with E-state index in [4.69, 9.17) is 4.42 Å². The van der Waals surface area contributed by atoms with E-state index < -0.39 is 34.7 Å². The molecule has 2 heterocycles. The second kappa shape index (κ2) is 11.4. The number of hydrogen-bond acceptors (Lipinski definition) is 8. The summed E-state index contributed by atoms with van der Waals surface area (Å²) in [7, 11) is 0. The molecular weight excluding hydrogens is 512 g/mol. The van der Waals surface area contributed by atoms with Gasteiger partial charge in [-0.15, -0.1) is 12.6 Å². The SMILES string of the molecule is Cc1nc(C)c([C@H](O)C[C@](C)(NC(S)NC(=O)c2ccccc2)c2cc(-c3cncnc3)c(F)cc2F)o1. The number of aryl methyl sites for hydroxylation is 2. The number of nitrogens with zero attached hydrogens (tertiary/aromatic N) is 3. The molecule has 0 saturated heterocycles. The highest BCUT2D eigenvalue weighted by molar-refractivity contribution is 7.80. The van der Waals surface area contributed by atoms with Crippen LogP contribution in [0, 0.1) is 25.5 Å². The average molecular weight is 540 g/mol. The zero-order chi connectivity index (χ0) is 27.4. The van der Waals surface area contributed by atoms with E-state index in [2.05, 4.69) is 38.2 Å². The van der Waals surface area contributed by atoms with Crippen LogP contribution in [0.2, 0.25) is 0 Å². The number of carbonyl (C=O) groups is 1. The van der Waals surface area contributed by atoms with Gasteiger partial charge in [0.2, 0.25) is 0 Å². The Bertz CT molecular complexity index is 1420. The Morgan fingerprint density at radius 1 is 1.13 bits per heavy atom. The van der Waals surface area contributed by atoms with Crippen LogP contribution < -0.4 is 10.6 Å². The largest absolute Gasteiger partial charge is 0.443 e. The van der Waals surface area contributed by atoms with Crippen molar-refractivity contribution in [2.45, 2.75) is 44.3 Å². The number of halogens is 2. The van der Waals surface area contributed by atoms with Gasteiger partial charge in [-0.3, -0.25) is 10.1 Å². The number of amides is 1. The zero-order valence-electron chi connectivity index (χ0n) is 20.9. The maximum Gasteiger partial charge on any atom is 0.253 e.